The van der Waals surface area contributed by atoms with Crippen molar-refractivity contribution < 1.29 is 19.1 Å². The molecule has 1 aromatic rings. The number of benzene rings is 1. The fourth-order valence-electron chi connectivity index (χ4n) is 6.08. The first-order chi connectivity index (χ1) is 19.6. The molecular weight excluding hydrogens is 556 g/mol. The first-order valence-electron chi connectivity index (χ1n) is 15.2. The highest BCUT2D eigenvalue weighted by Gasteiger charge is 2.39. The zero-order chi connectivity index (χ0) is 29.4. The molecule has 2 saturated heterocycles. The van der Waals surface area contributed by atoms with Crippen LogP contribution in [0, 0.1) is 11.8 Å². The van der Waals surface area contributed by atoms with Gasteiger partial charge in [0.25, 0.3) is 11.8 Å². The van der Waals surface area contributed by atoms with E-state index in [1.807, 2.05) is 20.8 Å². The van der Waals surface area contributed by atoms with E-state index >= 15 is 0 Å². The van der Waals surface area contributed by atoms with Crippen LogP contribution in [-0.4, -0.2) is 75.4 Å². The van der Waals surface area contributed by atoms with Gasteiger partial charge in [0.1, 0.15) is 11.6 Å². The molecule has 1 aliphatic carbocycles. The van der Waals surface area contributed by atoms with Crippen molar-refractivity contribution in [3.8, 4) is 0 Å². The topological polar surface area (TPSA) is 91.0 Å². The van der Waals surface area contributed by atoms with E-state index in [0.29, 0.717) is 29.4 Å². The van der Waals surface area contributed by atoms with E-state index in [9.17, 15) is 14.4 Å². The summed E-state index contributed by atoms with van der Waals surface area (Å²) in [6, 6.07) is 9.97. The van der Waals surface area contributed by atoms with E-state index in [4.69, 9.17) is 4.74 Å². The summed E-state index contributed by atoms with van der Waals surface area (Å²) in [6.07, 6.45) is 8.07. The van der Waals surface area contributed by atoms with Gasteiger partial charge in [0.05, 0.1) is 0 Å². The Morgan fingerprint density at radius 1 is 1.00 bits per heavy atom. The van der Waals surface area contributed by atoms with Gasteiger partial charge < -0.3 is 10.1 Å². The van der Waals surface area contributed by atoms with Crippen LogP contribution in [0.1, 0.15) is 78.2 Å². The third-order valence-electron chi connectivity index (χ3n) is 8.25. The fourth-order valence-corrected chi connectivity index (χ4v) is 8.56. The molecule has 10 heteroatoms. The average Bonchev–Trinajstić information content (AvgIpc) is 3.45. The van der Waals surface area contributed by atoms with Gasteiger partial charge in [-0.05, 0) is 95.8 Å². The Labute approximate surface area is 254 Å². The Balaban J connectivity index is 1.29. The Morgan fingerprint density at radius 2 is 1.66 bits per heavy atom. The molecule has 0 spiro atoms. The summed E-state index contributed by atoms with van der Waals surface area (Å²) in [4.78, 5) is 42.8. The Hall–Kier alpha value is -1.91. The number of amides is 3. The zero-order valence-electron chi connectivity index (χ0n) is 25.1. The van der Waals surface area contributed by atoms with E-state index in [1.54, 1.807) is 18.9 Å². The summed E-state index contributed by atoms with van der Waals surface area (Å²) in [7, 11) is 0. The van der Waals surface area contributed by atoms with Crippen LogP contribution < -0.4 is 10.0 Å². The lowest BCUT2D eigenvalue weighted by atomic mass is 9.79. The molecule has 228 valence electrons. The molecule has 3 fully saturated rings. The molecule has 8 nitrogen and oxygen atoms in total. The maximum absolute atomic E-state index is 13.2. The number of likely N-dealkylation sites (tertiary alicyclic amines) is 1. The van der Waals surface area contributed by atoms with Crippen LogP contribution in [0.3, 0.4) is 0 Å². The molecule has 0 aromatic heterocycles. The molecule has 3 amide bonds. The van der Waals surface area contributed by atoms with Gasteiger partial charge in [-0.3, -0.25) is 24.1 Å². The summed E-state index contributed by atoms with van der Waals surface area (Å²) in [6.45, 7) is 10.7. The maximum atomic E-state index is 13.2. The van der Waals surface area contributed by atoms with Crippen LogP contribution in [0.4, 0.5) is 4.79 Å². The average molecular weight is 605 g/mol. The van der Waals surface area contributed by atoms with Crippen molar-refractivity contribution in [1.29, 1.82) is 0 Å². The third kappa shape index (κ3) is 9.55. The number of piperidine rings is 1. The number of carbonyl (C=O) groups excluding carboxylic acids is 3. The summed E-state index contributed by atoms with van der Waals surface area (Å²) >= 11 is 2.98. The molecule has 0 radical (unpaired) electrons. The monoisotopic (exact) mass is 604 g/mol. The standard InChI is InChI=1S/C31H48N4O4S2/c1-22(32-28(37)29-35(19-20-40-29)30(38)39-31(2,3)4)27(36)33-41-26(24-13-9-6-10-14-24)25-15-17-34(18-16-25)21-23-11-7-5-8-12-23/h5,7-8,11-12,22,24-26,29H,6,9-10,13-21H2,1-4H3,(H,32,37)(H,33,36)/t22-,26?,29?/m1/s1. The summed E-state index contributed by atoms with van der Waals surface area (Å²) in [5, 5.41) is 2.53. The number of rotatable bonds is 9. The lowest BCUT2D eigenvalue weighted by molar-refractivity contribution is -0.128. The number of hydrogen-bond acceptors (Lipinski definition) is 7. The molecule has 2 unspecified atom stereocenters. The number of nitrogens with zero attached hydrogens (tertiary/aromatic N) is 2. The van der Waals surface area contributed by atoms with Crippen LogP contribution >= 0.6 is 23.7 Å². The molecule has 3 atom stereocenters. The molecule has 4 rings (SSSR count). The van der Waals surface area contributed by atoms with Crippen molar-refractivity contribution in [1.82, 2.24) is 19.8 Å². The molecule has 2 heterocycles. The van der Waals surface area contributed by atoms with Crippen molar-refractivity contribution in [3.63, 3.8) is 0 Å². The van der Waals surface area contributed by atoms with Gasteiger partial charge >= 0.3 is 6.09 Å². The van der Waals surface area contributed by atoms with Gasteiger partial charge in [0, 0.05) is 24.1 Å². The molecule has 2 aliphatic heterocycles. The predicted molar refractivity (Wildman–Crippen MR) is 167 cm³/mol. The highest BCUT2D eigenvalue weighted by molar-refractivity contribution is 8.00. The largest absolute Gasteiger partial charge is 0.444 e. The normalized spacial score (nSPS) is 22.6. The molecule has 41 heavy (non-hydrogen) atoms. The van der Waals surface area contributed by atoms with Crippen LogP contribution in [0.5, 0.6) is 0 Å². The van der Waals surface area contributed by atoms with Gasteiger partial charge in [-0.1, -0.05) is 49.6 Å². The van der Waals surface area contributed by atoms with Crippen molar-refractivity contribution in [2.45, 2.75) is 101 Å². The highest BCUT2D eigenvalue weighted by Crippen LogP contribution is 2.39. The Bertz CT molecular complexity index is 1010. The maximum Gasteiger partial charge on any atom is 0.411 e. The highest BCUT2D eigenvalue weighted by atomic mass is 32.2. The van der Waals surface area contributed by atoms with Crippen molar-refractivity contribution in [2.75, 3.05) is 25.4 Å². The molecule has 0 bridgehead atoms. The predicted octanol–water partition coefficient (Wildman–Crippen LogP) is 5.43. The second-order valence-electron chi connectivity index (χ2n) is 12.7. The quantitative estimate of drug-likeness (QED) is 0.364. The van der Waals surface area contributed by atoms with E-state index in [-0.39, 0.29) is 11.8 Å². The van der Waals surface area contributed by atoms with Crippen LogP contribution in [0.2, 0.25) is 0 Å². The second kappa shape index (κ2) is 15.0. The van der Waals surface area contributed by atoms with Crippen LogP contribution in [0.25, 0.3) is 0 Å². The minimum Gasteiger partial charge on any atom is -0.444 e. The van der Waals surface area contributed by atoms with Gasteiger partial charge in [-0.15, -0.1) is 11.8 Å². The minimum atomic E-state index is -0.698. The van der Waals surface area contributed by atoms with E-state index in [1.165, 1.54) is 54.3 Å². The number of hydrogen-bond donors (Lipinski definition) is 2. The smallest absolute Gasteiger partial charge is 0.411 e. The first-order valence-corrected chi connectivity index (χ1v) is 17.2. The van der Waals surface area contributed by atoms with Gasteiger partial charge in [-0.25, -0.2) is 4.79 Å². The summed E-state index contributed by atoms with van der Waals surface area (Å²) < 4.78 is 8.61. The van der Waals surface area contributed by atoms with Crippen molar-refractivity contribution in [3.05, 3.63) is 35.9 Å². The first kappa shape index (κ1) is 32.0. The zero-order valence-corrected chi connectivity index (χ0v) is 26.7. The van der Waals surface area contributed by atoms with E-state index in [2.05, 4.69) is 45.3 Å². The molecular formula is C31H48N4O4S2. The molecule has 1 saturated carbocycles. The van der Waals surface area contributed by atoms with E-state index < -0.39 is 23.1 Å². The van der Waals surface area contributed by atoms with Crippen LogP contribution in [-0.2, 0) is 20.9 Å². The summed E-state index contributed by atoms with van der Waals surface area (Å²) in [5.74, 6) is 1.30. The lowest BCUT2D eigenvalue weighted by Gasteiger charge is -2.40. The van der Waals surface area contributed by atoms with Gasteiger partial charge in [0.2, 0.25) is 0 Å². The molecule has 3 aliphatic rings. The Morgan fingerprint density at radius 3 is 2.32 bits per heavy atom. The number of carbonyl (C=O) groups is 3. The number of nitrogens with one attached hydrogen (secondary N) is 2. The minimum absolute atomic E-state index is 0.197. The molecule has 2 N–H and O–H groups in total. The molecule has 1 aromatic carbocycles. The van der Waals surface area contributed by atoms with Gasteiger partial charge in [-0.2, -0.15) is 0 Å². The number of thioether (sulfide) groups is 1. The lowest BCUT2D eigenvalue weighted by Crippen LogP contribution is -2.51. The fraction of sp³-hybridized carbons (Fsp3) is 0.710. The third-order valence-corrected chi connectivity index (χ3v) is 10.8. The van der Waals surface area contributed by atoms with Crippen molar-refractivity contribution in [2.24, 2.45) is 11.8 Å². The van der Waals surface area contributed by atoms with Gasteiger partial charge in [0.15, 0.2) is 5.37 Å². The van der Waals surface area contributed by atoms with Crippen molar-refractivity contribution >= 4 is 41.6 Å². The Kier molecular flexibility index (Phi) is 11.7. The van der Waals surface area contributed by atoms with E-state index in [0.717, 1.165) is 32.5 Å². The van der Waals surface area contributed by atoms with Crippen LogP contribution in [0.15, 0.2) is 30.3 Å². The number of ether oxygens (including phenoxy) is 1. The SMILES string of the molecule is C[C@@H](NC(=O)C1SCCN1C(=O)OC(C)(C)C)C(=O)NSC(C1CCCCC1)C1CCN(Cc2ccccc2)CC1. The summed E-state index contributed by atoms with van der Waals surface area (Å²) in [5.41, 5.74) is 0.723. The second-order valence-corrected chi connectivity index (χ2v) is 14.8.